The second-order valence-electron chi connectivity index (χ2n) is 13.5. The Morgan fingerprint density at radius 3 is 2.65 bits per heavy atom. The number of nitrogens with one attached hydrogen (secondary N) is 1. The lowest BCUT2D eigenvalue weighted by atomic mass is 9.88. The van der Waals surface area contributed by atoms with Gasteiger partial charge in [0.05, 0.1) is 53.6 Å². The van der Waals surface area contributed by atoms with Crippen LogP contribution in [-0.2, 0) is 23.6 Å². The maximum atomic E-state index is 15.0. The predicted molar refractivity (Wildman–Crippen MR) is 173 cm³/mol. The summed E-state index contributed by atoms with van der Waals surface area (Å²) in [7, 11) is 0. The molecule has 2 unspecified atom stereocenters. The molecule has 1 aliphatic carbocycles. The highest BCUT2D eigenvalue weighted by Gasteiger charge is 2.43. The number of H-pyrrole nitrogens is 1. The van der Waals surface area contributed by atoms with Gasteiger partial charge >= 0.3 is 0 Å². The summed E-state index contributed by atoms with van der Waals surface area (Å²) >= 11 is 0. The molecule has 9 rings (SSSR count). The SMILES string of the molecule is CC1(c2ccc(C#N)cc2F)Oc2cccc(C3CCN(Cc4nc5cc(-c6n[nH]c(C7CC7)n6)ncc5n4CC4CCO4)CC3)c2O1. The second kappa shape index (κ2) is 11.4. The minimum atomic E-state index is -1.32. The summed E-state index contributed by atoms with van der Waals surface area (Å²) in [6, 6.07) is 14.3. The quantitative estimate of drug-likeness (QED) is 0.219. The Bertz CT molecular complexity index is 2070. The Kier molecular flexibility index (Phi) is 6.95. The van der Waals surface area contributed by atoms with Gasteiger partial charge in [-0.3, -0.25) is 15.0 Å². The number of rotatable bonds is 8. The third-order valence-corrected chi connectivity index (χ3v) is 10.2. The lowest BCUT2D eigenvalue weighted by molar-refractivity contribution is -0.0712. The molecule has 0 bridgehead atoms. The Balaban J connectivity index is 0.922. The van der Waals surface area contributed by atoms with E-state index in [0.29, 0.717) is 23.2 Å². The molecule has 5 aromatic rings. The van der Waals surface area contributed by atoms with E-state index < -0.39 is 11.6 Å². The highest BCUT2D eigenvalue weighted by atomic mass is 19.1. The molecule has 1 saturated carbocycles. The number of hydrogen-bond donors (Lipinski definition) is 1. The van der Waals surface area contributed by atoms with Crippen molar-refractivity contribution in [3.63, 3.8) is 0 Å². The van der Waals surface area contributed by atoms with E-state index in [2.05, 4.69) is 25.7 Å². The van der Waals surface area contributed by atoms with Crippen molar-refractivity contribution in [2.45, 2.75) is 75.8 Å². The van der Waals surface area contributed by atoms with Gasteiger partial charge in [0.15, 0.2) is 17.3 Å². The maximum absolute atomic E-state index is 15.0. The molecule has 48 heavy (non-hydrogen) atoms. The van der Waals surface area contributed by atoms with Gasteiger partial charge in [0.1, 0.15) is 23.2 Å². The number of pyridine rings is 1. The largest absolute Gasteiger partial charge is 0.444 e. The monoisotopic (exact) mass is 646 g/mol. The number of imidazole rings is 1. The molecule has 12 heteroatoms. The van der Waals surface area contributed by atoms with Crippen molar-refractivity contribution in [3.8, 4) is 29.1 Å². The highest BCUT2D eigenvalue weighted by molar-refractivity contribution is 5.79. The van der Waals surface area contributed by atoms with Crippen LogP contribution in [0, 0.1) is 17.1 Å². The fraction of sp³-hybridized carbons (Fsp3) is 0.417. The van der Waals surface area contributed by atoms with Crippen LogP contribution in [-0.4, -0.2) is 60.4 Å². The zero-order valence-corrected chi connectivity index (χ0v) is 26.7. The first kappa shape index (κ1) is 29.3. The molecule has 0 spiro atoms. The first-order valence-corrected chi connectivity index (χ1v) is 16.8. The van der Waals surface area contributed by atoms with E-state index >= 15 is 4.39 Å². The highest BCUT2D eigenvalue weighted by Crippen LogP contribution is 2.50. The van der Waals surface area contributed by atoms with E-state index in [1.807, 2.05) is 30.5 Å². The van der Waals surface area contributed by atoms with Crippen LogP contribution in [0.25, 0.3) is 22.6 Å². The van der Waals surface area contributed by atoms with E-state index in [4.69, 9.17) is 34.4 Å². The molecule has 2 atom stereocenters. The van der Waals surface area contributed by atoms with Gasteiger partial charge in [-0.1, -0.05) is 12.1 Å². The molecule has 6 heterocycles. The summed E-state index contributed by atoms with van der Waals surface area (Å²) in [6.45, 7) is 5.78. The zero-order valence-electron chi connectivity index (χ0n) is 26.7. The number of likely N-dealkylation sites (tertiary alicyclic amines) is 1. The van der Waals surface area contributed by atoms with Crippen molar-refractivity contribution < 1.29 is 18.6 Å². The average molecular weight is 647 g/mol. The second-order valence-corrected chi connectivity index (χ2v) is 13.5. The molecule has 11 nitrogen and oxygen atoms in total. The van der Waals surface area contributed by atoms with Crippen LogP contribution < -0.4 is 9.47 Å². The maximum Gasteiger partial charge on any atom is 0.278 e. The molecule has 244 valence electrons. The number of hydrogen-bond acceptors (Lipinski definition) is 9. The molecule has 0 amide bonds. The molecular weight excluding hydrogens is 611 g/mol. The molecule has 3 aliphatic heterocycles. The van der Waals surface area contributed by atoms with Crippen LogP contribution in [0.3, 0.4) is 0 Å². The van der Waals surface area contributed by atoms with Crippen molar-refractivity contribution in [2.24, 2.45) is 0 Å². The van der Waals surface area contributed by atoms with Gasteiger partial charge in [-0.15, -0.1) is 0 Å². The Hall–Kier alpha value is -4.86. The van der Waals surface area contributed by atoms with E-state index in [9.17, 15) is 0 Å². The number of piperidine rings is 1. The lowest BCUT2D eigenvalue weighted by Gasteiger charge is -2.33. The first-order valence-electron chi connectivity index (χ1n) is 16.8. The third-order valence-electron chi connectivity index (χ3n) is 10.2. The summed E-state index contributed by atoms with van der Waals surface area (Å²) in [5.74, 6) is 2.76. The number of fused-ring (bicyclic) bond motifs is 2. The summed E-state index contributed by atoms with van der Waals surface area (Å²) in [4.78, 5) is 17.0. The van der Waals surface area contributed by atoms with Crippen LogP contribution in [0.1, 0.15) is 79.2 Å². The van der Waals surface area contributed by atoms with Crippen LogP contribution in [0.2, 0.25) is 0 Å². The van der Waals surface area contributed by atoms with Gasteiger partial charge in [-0.2, -0.15) is 10.4 Å². The predicted octanol–water partition coefficient (Wildman–Crippen LogP) is 5.92. The van der Waals surface area contributed by atoms with Crippen LogP contribution in [0.4, 0.5) is 4.39 Å². The fourth-order valence-electron chi connectivity index (χ4n) is 7.21. The molecular formula is C36H35FN8O3. The zero-order chi connectivity index (χ0) is 32.4. The molecule has 2 aromatic carbocycles. The van der Waals surface area contributed by atoms with Gasteiger partial charge in [-0.25, -0.2) is 14.4 Å². The minimum absolute atomic E-state index is 0.187. The van der Waals surface area contributed by atoms with E-state index in [0.717, 1.165) is 98.8 Å². The van der Waals surface area contributed by atoms with Crippen LogP contribution in [0.5, 0.6) is 11.5 Å². The number of halogens is 1. The van der Waals surface area contributed by atoms with Gasteiger partial charge in [0.2, 0.25) is 0 Å². The molecule has 4 aliphatic rings. The number of nitrogens with zero attached hydrogens (tertiary/aromatic N) is 7. The summed E-state index contributed by atoms with van der Waals surface area (Å²) in [6.07, 6.45) is 7.32. The van der Waals surface area contributed by atoms with Crippen molar-refractivity contribution in [1.82, 2.24) is 34.6 Å². The fourth-order valence-corrected chi connectivity index (χ4v) is 7.21. The Morgan fingerprint density at radius 1 is 1.04 bits per heavy atom. The van der Waals surface area contributed by atoms with Crippen molar-refractivity contribution in [2.75, 3.05) is 19.7 Å². The molecule has 2 saturated heterocycles. The summed E-state index contributed by atoms with van der Waals surface area (Å²) < 4.78 is 35.7. The van der Waals surface area contributed by atoms with Crippen molar-refractivity contribution >= 4 is 11.0 Å². The molecule has 0 radical (unpaired) electrons. The topological polar surface area (TPSA) is 127 Å². The van der Waals surface area contributed by atoms with E-state index in [1.54, 1.807) is 19.1 Å². The number of ether oxygens (including phenoxy) is 3. The van der Waals surface area contributed by atoms with E-state index in [1.165, 1.54) is 6.07 Å². The third kappa shape index (κ3) is 5.18. The smallest absolute Gasteiger partial charge is 0.278 e. The molecule has 3 aromatic heterocycles. The van der Waals surface area contributed by atoms with E-state index in [-0.39, 0.29) is 23.1 Å². The average Bonchev–Trinajstić information content (AvgIpc) is 3.54. The lowest BCUT2D eigenvalue weighted by Crippen LogP contribution is -2.35. The van der Waals surface area contributed by atoms with Crippen LogP contribution in [0.15, 0.2) is 48.7 Å². The van der Waals surface area contributed by atoms with Gasteiger partial charge < -0.3 is 18.8 Å². The minimum Gasteiger partial charge on any atom is -0.444 e. The van der Waals surface area contributed by atoms with Gasteiger partial charge in [0, 0.05) is 25.0 Å². The van der Waals surface area contributed by atoms with Crippen LogP contribution >= 0.6 is 0 Å². The summed E-state index contributed by atoms with van der Waals surface area (Å²) in [5.41, 5.74) is 4.21. The molecule has 1 N–H and O–H groups in total. The standard InChI is InChI=1S/C36H35FN8O3/c1-36(26-8-5-21(17-38)15-27(26)37)47-31-4-2-3-25(33(31)48-36)22-9-12-44(13-10-22)20-32-40-28-16-29(35-41-34(42-43-35)23-6-7-23)39-18-30(28)45(32)19-24-11-14-46-24/h2-5,8,15-16,18,22-24H,6-7,9-14,19-20H2,1H3,(H,41,42,43). The number of aromatic amines is 1. The number of aromatic nitrogens is 6. The number of para-hydroxylation sites is 1. The number of nitriles is 1. The first-order chi connectivity index (χ1) is 23.4. The Morgan fingerprint density at radius 2 is 1.90 bits per heavy atom. The van der Waals surface area contributed by atoms with Gasteiger partial charge in [-0.05, 0) is 81.4 Å². The van der Waals surface area contributed by atoms with Gasteiger partial charge in [0.25, 0.3) is 5.79 Å². The molecule has 3 fully saturated rings. The van der Waals surface area contributed by atoms with Crippen molar-refractivity contribution in [3.05, 3.63) is 82.8 Å². The van der Waals surface area contributed by atoms with Crippen molar-refractivity contribution in [1.29, 1.82) is 5.26 Å². The summed E-state index contributed by atoms with van der Waals surface area (Å²) in [5, 5.41) is 16.7. The number of benzene rings is 2. The Labute approximate surface area is 276 Å². The normalized spacial score (nSPS) is 22.6.